The minimum Gasteiger partial charge on any atom is -0.146 e. The van der Waals surface area contributed by atoms with Crippen LogP contribution in [0.2, 0.25) is 12.1 Å². The lowest BCUT2D eigenvalue weighted by atomic mass is 10.0. The highest BCUT2D eigenvalue weighted by Gasteiger charge is 2.30. The third kappa shape index (κ3) is 4.97. The van der Waals surface area contributed by atoms with Crippen LogP contribution in [0.25, 0.3) is 0 Å². The van der Waals surface area contributed by atoms with Crippen molar-refractivity contribution < 1.29 is 0 Å². The molecular formula is C17H20Cl2Si. The standard InChI is InChI=1S/C17H20Cl2Si/c1-15(17-10-6-3-7-11-17)14-20(18,19)13-12-16-8-4-2-5-9-16/h2-11,15H,12-14H2,1H3. The molecule has 0 aromatic heterocycles. The third-order valence-corrected chi connectivity index (χ3v) is 7.85. The van der Waals surface area contributed by atoms with Crippen molar-refractivity contribution >= 4 is 28.9 Å². The maximum absolute atomic E-state index is 6.64. The van der Waals surface area contributed by atoms with Gasteiger partial charge in [0.25, 0.3) is 6.69 Å². The molecule has 2 aromatic rings. The number of hydrogen-bond donors (Lipinski definition) is 0. The fourth-order valence-corrected chi connectivity index (χ4v) is 6.37. The molecule has 0 N–H and O–H groups in total. The summed E-state index contributed by atoms with van der Waals surface area (Å²) < 4.78 is 0. The van der Waals surface area contributed by atoms with Gasteiger partial charge in [0.15, 0.2) is 0 Å². The molecule has 0 fully saturated rings. The van der Waals surface area contributed by atoms with Crippen LogP contribution < -0.4 is 0 Å². The first kappa shape index (κ1) is 15.6. The Hall–Kier alpha value is -0.763. The Labute approximate surface area is 132 Å². The normalized spacial score (nSPS) is 13.2. The van der Waals surface area contributed by atoms with Gasteiger partial charge in [0.05, 0.1) is 0 Å². The van der Waals surface area contributed by atoms with E-state index in [-0.39, 0.29) is 0 Å². The predicted octanol–water partition coefficient (Wildman–Crippen LogP) is 5.95. The van der Waals surface area contributed by atoms with Crippen LogP contribution in [0, 0.1) is 0 Å². The molecule has 0 aliphatic rings. The number of aryl methyl sites for hydroxylation is 1. The average molecular weight is 323 g/mol. The van der Waals surface area contributed by atoms with E-state index in [2.05, 4.69) is 55.5 Å². The summed E-state index contributed by atoms with van der Waals surface area (Å²) in [5.74, 6) is 0.425. The van der Waals surface area contributed by atoms with Gasteiger partial charge in [-0.1, -0.05) is 67.6 Å². The summed E-state index contributed by atoms with van der Waals surface area (Å²) in [5, 5.41) is 0. The Kier molecular flexibility index (Phi) is 5.71. The Morgan fingerprint density at radius 2 is 1.45 bits per heavy atom. The first-order valence-corrected chi connectivity index (χ1v) is 11.5. The SMILES string of the molecule is CC(C[Si](Cl)(Cl)CCc1ccccc1)c1ccccc1. The molecule has 1 unspecified atom stereocenters. The van der Waals surface area contributed by atoms with Gasteiger partial charge in [0, 0.05) is 0 Å². The summed E-state index contributed by atoms with van der Waals surface area (Å²) in [5.41, 5.74) is 2.64. The second kappa shape index (κ2) is 7.30. The molecular weight excluding hydrogens is 303 g/mol. The van der Waals surface area contributed by atoms with Crippen LogP contribution in [-0.4, -0.2) is 6.69 Å². The zero-order valence-corrected chi connectivity index (χ0v) is 14.2. The molecule has 1 atom stereocenters. The van der Waals surface area contributed by atoms with Gasteiger partial charge in [-0.05, 0) is 35.6 Å². The van der Waals surface area contributed by atoms with E-state index in [9.17, 15) is 0 Å². The van der Waals surface area contributed by atoms with Crippen LogP contribution in [-0.2, 0) is 6.42 Å². The first-order valence-electron chi connectivity index (χ1n) is 7.03. The zero-order chi connectivity index (χ0) is 14.4. The minimum atomic E-state index is -2.19. The van der Waals surface area contributed by atoms with Gasteiger partial charge in [0.2, 0.25) is 0 Å². The van der Waals surface area contributed by atoms with Crippen LogP contribution in [0.3, 0.4) is 0 Å². The lowest BCUT2D eigenvalue weighted by Gasteiger charge is -2.21. The maximum Gasteiger partial charge on any atom is 0.252 e. The summed E-state index contributed by atoms with van der Waals surface area (Å²) in [4.78, 5) is 0. The van der Waals surface area contributed by atoms with Crippen molar-refractivity contribution in [1.82, 2.24) is 0 Å². The van der Waals surface area contributed by atoms with Crippen molar-refractivity contribution in [2.45, 2.75) is 31.4 Å². The highest BCUT2D eigenvalue weighted by molar-refractivity contribution is 7.45. The van der Waals surface area contributed by atoms with Crippen LogP contribution in [0.4, 0.5) is 0 Å². The molecule has 2 aromatic carbocycles. The smallest absolute Gasteiger partial charge is 0.146 e. The Morgan fingerprint density at radius 1 is 0.900 bits per heavy atom. The Bertz CT molecular complexity index is 511. The molecule has 0 spiro atoms. The quantitative estimate of drug-likeness (QED) is 0.455. The fraction of sp³-hybridized carbons (Fsp3) is 0.294. The van der Waals surface area contributed by atoms with E-state index >= 15 is 0 Å². The number of halogens is 2. The summed E-state index contributed by atoms with van der Waals surface area (Å²) >= 11 is 13.3. The summed E-state index contributed by atoms with van der Waals surface area (Å²) in [6.45, 7) is 0.0251. The topological polar surface area (TPSA) is 0 Å². The molecule has 106 valence electrons. The first-order chi connectivity index (χ1) is 9.57. The fourth-order valence-electron chi connectivity index (χ4n) is 2.42. The lowest BCUT2D eigenvalue weighted by molar-refractivity contribution is 0.848. The van der Waals surface area contributed by atoms with Crippen molar-refractivity contribution in [3.05, 3.63) is 71.8 Å². The van der Waals surface area contributed by atoms with Crippen molar-refractivity contribution in [3.8, 4) is 0 Å². The summed E-state index contributed by atoms with van der Waals surface area (Å²) in [7, 11) is 0. The van der Waals surface area contributed by atoms with E-state index in [1.54, 1.807) is 0 Å². The second-order valence-corrected chi connectivity index (χ2v) is 12.9. The largest absolute Gasteiger partial charge is 0.252 e. The molecule has 0 amide bonds. The van der Waals surface area contributed by atoms with E-state index < -0.39 is 6.69 Å². The van der Waals surface area contributed by atoms with E-state index in [1.165, 1.54) is 11.1 Å². The highest BCUT2D eigenvalue weighted by atomic mass is 35.7. The number of rotatable bonds is 6. The molecule has 0 nitrogen and oxygen atoms in total. The highest BCUT2D eigenvalue weighted by Crippen LogP contribution is 2.34. The minimum absolute atomic E-state index is 0.425. The Morgan fingerprint density at radius 3 is 2.05 bits per heavy atom. The van der Waals surface area contributed by atoms with Gasteiger partial charge in [-0.2, -0.15) is 0 Å². The molecule has 0 radical (unpaired) electrons. The van der Waals surface area contributed by atoms with E-state index in [4.69, 9.17) is 22.2 Å². The average Bonchev–Trinajstić information content (AvgIpc) is 2.47. The van der Waals surface area contributed by atoms with Crippen molar-refractivity contribution in [3.63, 3.8) is 0 Å². The van der Waals surface area contributed by atoms with Crippen LogP contribution >= 0.6 is 22.2 Å². The maximum atomic E-state index is 6.64. The van der Waals surface area contributed by atoms with Gasteiger partial charge < -0.3 is 0 Å². The summed E-state index contributed by atoms with van der Waals surface area (Å²) in [6, 6.07) is 22.7. The van der Waals surface area contributed by atoms with E-state index in [0.29, 0.717) is 5.92 Å². The molecule has 0 bridgehead atoms. The monoisotopic (exact) mass is 322 g/mol. The van der Waals surface area contributed by atoms with Crippen molar-refractivity contribution in [2.75, 3.05) is 0 Å². The molecule has 0 saturated heterocycles. The van der Waals surface area contributed by atoms with Gasteiger partial charge >= 0.3 is 0 Å². The Balaban J connectivity index is 1.90. The molecule has 0 heterocycles. The zero-order valence-electron chi connectivity index (χ0n) is 11.7. The van der Waals surface area contributed by atoms with Gasteiger partial charge in [0.1, 0.15) is 0 Å². The summed E-state index contributed by atoms with van der Waals surface area (Å²) in [6.07, 6.45) is 0.974. The van der Waals surface area contributed by atoms with Crippen molar-refractivity contribution in [2.24, 2.45) is 0 Å². The lowest BCUT2D eigenvalue weighted by Crippen LogP contribution is -2.22. The van der Waals surface area contributed by atoms with E-state index in [1.807, 2.05) is 12.1 Å². The second-order valence-electron chi connectivity index (χ2n) is 5.36. The predicted molar refractivity (Wildman–Crippen MR) is 92.1 cm³/mol. The van der Waals surface area contributed by atoms with Gasteiger partial charge in [-0.15, -0.1) is 22.2 Å². The molecule has 20 heavy (non-hydrogen) atoms. The van der Waals surface area contributed by atoms with Crippen LogP contribution in [0.5, 0.6) is 0 Å². The van der Waals surface area contributed by atoms with Gasteiger partial charge in [-0.3, -0.25) is 0 Å². The van der Waals surface area contributed by atoms with Crippen molar-refractivity contribution in [1.29, 1.82) is 0 Å². The number of hydrogen-bond acceptors (Lipinski definition) is 0. The number of benzene rings is 2. The van der Waals surface area contributed by atoms with Crippen LogP contribution in [0.1, 0.15) is 24.0 Å². The molecule has 2 rings (SSSR count). The van der Waals surface area contributed by atoms with Gasteiger partial charge in [-0.25, -0.2) is 0 Å². The van der Waals surface area contributed by atoms with E-state index in [0.717, 1.165) is 18.5 Å². The third-order valence-electron chi connectivity index (χ3n) is 3.60. The molecule has 0 aliphatic heterocycles. The van der Waals surface area contributed by atoms with Crippen LogP contribution in [0.15, 0.2) is 60.7 Å². The molecule has 0 saturated carbocycles. The molecule has 0 aliphatic carbocycles. The molecule has 3 heteroatoms.